The number of amides is 1. The molecule has 1 N–H and O–H groups in total. The SMILES string of the molecule is O=C1CCC(c2nc3cc(Br)ccc3n2C2CCC(O)CC2)N1c1ccc(F)c(F)c1. The van der Waals surface area contributed by atoms with Crippen molar-refractivity contribution in [2.24, 2.45) is 0 Å². The van der Waals surface area contributed by atoms with E-state index in [2.05, 4.69) is 20.5 Å². The summed E-state index contributed by atoms with van der Waals surface area (Å²) in [4.78, 5) is 19.2. The number of nitrogens with zero attached hydrogens (tertiary/aromatic N) is 3. The van der Waals surface area contributed by atoms with Crippen molar-refractivity contribution >= 4 is 38.6 Å². The van der Waals surface area contributed by atoms with Crippen molar-refractivity contribution in [3.05, 3.63) is 58.3 Å². The topological polar surface area (TPSA) is 58.4 Å². The summed E-state index contributed by atoms with van der Waals surface area (Å²) in [6.45, 7) is 0. The summed E-state index contributed by atoms with van der Waals surface area (Å²) in [7, 11) is 0. The van der Waals surface area contributed by atoms with Crippen LogP contribution < -0.4 is 4.90 Å². The van der Waals surface area contributed by atoms with Gasteiger partial charge in [-0.05, 0) is 62.4 Å². The summed E-state index contributed by atoms with van der Waals surface area (Å²) in [5.74, 6) is -1.29. The van der Waals surface area contributed by atoms with Gasteiger partial charge < -0.3 is 14.6 Å². The van der Waals surface area contributed by atoms with Gasteiger partial charge in [0.25, 0.3) is 0 Å². The van der Waals surface area contributed by atoms with Gasteiger partial charge in [0, 0.05) is 28.7 Å². The molecule has 1 saturated heterocycles. The van der Waals surface area contributed by atoms with Gasteiger partial charge in [-0.2, -0.15) is 0 Å². The predicted molar refractivity (Wildman–Crippen MR) is 117 cm³/mol. The van der Waals surface area contributed by atoms with Crippen molar-refractivity contribution in [1.29, 1.82) is 0 Å². The van der Waals surface area contributed by atoms with Gasteiger partial charge in [0.2, 0.25) is 5.91 Å². The van der Waals surface area contributed by atoms with Crippen LogP contribution in [0, 0.1) is 11.6 Å². The number of aliphatic hydroxyl groups excluding tert-OH is 1. The van der Waals surface area contributed by atoms with Crippen molar-refractivity contribution in [2.45, 2.75) is 56.7 Å². The number of rotatable bonds is 3. The van der Waals surface area contributed by atoms with Crippen LogP contribution in [0.2, 0.25) is 0 Å². The molecule has 2 aromatic carbocycles. The zero-order valence-electron chi connectivity index (χ0n) is 16.8. The standard InChI is InChI=1S/C23H22BrF2N3O2/c24-13-1-8-20-19(11-13)27-23(29(20)14-2-5-16(30)6-3-14)21-9-10-22(31)28(21)15-4-7-17(25)18(26)12-15/h1,4,7-8,11-12,14,16,21,30H,2-3,5-6,9-10H2. The second-order valence-corrected chi connectivity index (χ2v) is 9.27. The van der Waals surface area contributed by atoms with Crippen LogP contribution in [0.4, 0.5) is 14.5 Å². The summed E-state index contributed by atoms with van der Waals surface area (Å²) in [6, 6.07) is 9.29. The first-order chi connectivity index (χ1) is 14.9. The van der Waals surface area contributed by atoms with Crippen LogP contribution in [-0.2, 0) is 4.79 Å². The number of aliphatic hydroxyl groups is 1. The number of hydrogen-bond donors (Lipinski definition) is 1. The van der Waals surface area contributed by atoms with Crippen LogP contribution in [0.15, 0.2) is 40.9 Å². The highest BCUT2D eigenvalue weighted by Gasteiger charge is 2.38. The zero-order chi connectivity index (χ0) is 21.7. The molecule has 0 radical (unpaired) electrons. The molecule has 0 bridgehead atoms. The Morgan fingerprint density at radius 2 is 1.77 bits per heavy atom. The largest absolute Gasteiger partial charge is 0.393 e. The van der Waals surface area contributed by atoms with E-state index in [1.54, 1.807) is 4.90 Å². The highest BCUT2D eigenvalue weighted by molar-refractivity contribution is 9.10. The molecule has 5 rings (SSSR count). The molecule has 162 valence electrons. The van der Waals surface area contributed by atoms with Crippen molar-refractivity contribution in [3.8, 4) is 0 Å². The Labute approximate surface area is 186 Å². The van der Waals surface area contributed by atoms with Crippen molar-refractivity contribution < 1.29 is 18.7 Å². The minimum absolute atomic E-state index is 0.130. The van der Waals surface area contributed by atoms with E-state index >= 15 is 0 Å². The maximum absolute atomic E-state index is 13.9. The Balaban J connectivity index is 1.63. The molecule has 2 aliphatic rings. The van der Waals surface area contributed by atoms with E-state index in [1.807, 2.05) is 18.2 Å². The maximum atomic E-state index is 13.9. The van der Waals surface area contributed by atoms with E-state index in [4.69, 9.17) is 4.98 Å². The minimum Gasteiger partial charge on any atom is -0.393 e. The fraction of sp³-hybridized carbons (Fsp3) is 0.391. The highest BCUT2D eigenvalue weighted by atomic mass is 79.9. The minimum atomic E-state index is -0.977. The van der Waals surface area contributed by atoms with Gasteiger partial charge in [-0.1, -0.05) is 15.9 Å². The molecule has 1 aromatic heterocycles. The molecule has 31 heavy (non-hydrogen) atoms. The summed E-state index contributed by atoms with van der Waals surface area (Å²) in [6.07, 6.45) is 3.67. The molecule has 1 unspecified atom stereocenters. The van der Waals surface area contributed by atoms with Gasteiger partial charge in [0.15, 0.2) is 11.6 Å². The molecule has 1 amide bonds. The van der Waals surface area contributed by atoms with Crippen LogP contribution in [0.3, 0.4) is 0 Å². The molecule has 1 aliphatic heterocycles. The van der Waals surface area contributed by atoms with Crippen LogP contribution in [-0.4, -0.2) is 26.7 Å². The Hall–Kier alpha value is -2.32. The molecule has 1 atom stereocenters. The average molecular weight is 490 g/mol. The highest BCUT2D eigenvalue weighted by Crippen LogP contribution is 2.41. The normalized spacial score (nSPS) is 24.3. The van der Waals surface area contributed by atoms with Gasteiger partial charge >= 0.3 is 0 Å². The third-order valence-corrected chi connectivity index (χ3v) is 6.89. The number of carbonyl (C=O) groups excluding carboxylic acids is 1. The van der Waals surface area contributed by atoms with Gasteiger partial charge in [-0.25, -0.2) is 13.8 Å². The number of anilines is 1. The van der Waals surface area contributed by atoms with Crippen LogP contribution in [0.5, 0.6) is 0 Å². The molecular weight excluding hydrogens is 468 g/mol. The molecule has 2 fully saturated rings. The number of benzene rings is 2. The summed E-state index contributed by atoms with van der Waals surface area (Å²) in [5, 5.41) is 9.98. The van der Waals surface area contributed by atoms with Crippen molar-refractivity contribution in [2.75, 3.05) is 4.90 Å². The molecule has 5 nitrogen and oxygen atoms in total. The van der Waals surface area contributed by atoms with E-state index in [0.717, 1.165) is 59.1 Å². The lowest BCUT2D eigenvalue weighted by atomic mass is 9.92. The second-order valence-electron chi connectivity index (χ2n) is 8.35. The first-order valence-corrected chi connectivity index (χ1v) is 11.3. The van der Waals surface area contributed by atoms with Gasteiger partial charge in [0.1, 0.15) is 5.82 Å². The monoisotopic (exact) mass is 489 g/mol. The lowest BCUT2D eigenvalue weighted by Crippen LogP contribution is -2.31. The first-order valence-electron chi connectivity index (χ1n) is 10.5. The van der Waals surface area contributed by atoms with Gasteiger partial charge in [-0.15, -0.1) is 0 Å². The van der Waals surface area contributed by atoms with E-state index < -0.39 is 11.6 Å². The molecule has 1 aliphatic carbocycles. The summed E-state index contributed by atoms with van der Waals surface area (Å²) >= 11 is 3.50. The number of hydrogen-bond acceptors (Lipinski definition) is 3. The number of fused-ring (bicyclic) bond motifs is 1. The fourth-order valence-corrected chi connectivity index (χ4v) is 5.26. The van der Waals surface area contributed by atoms with Gasteiger partial charge in [-0.3, -0.25) is 4.79 Å². The molecule has 1 saturated carbocycles. The third kappa shape index (κ3) is 3.65. The number of halogens is 3. The first kappa shape index (κ1) is 20.6. The van der Waals surface area contributed by atoms with Crippen molar-refractivity contribution in [1.82, 2.24) is 9.55 Å². The average Bonchev–Trinajstić information content (AvgIpc) is 3.30. The Morgan fingerprint density at radius 1 is 1.00 bits per heavy atom. The molecule has 3 aromatic rings. The van der Waals surface area contributed by atoms with Crippen LogP contribution in [0.1, 0.15) is 56.4 Å². The number of carbonyl (C=O) groups is 1. The number of aromatic nitrogens is 2. The van der Waals surface area contributed by atoms with Gasteiger partial charge in [0.05, 0.1) is 23.2 Å². The lowest BCUT2D eigenvalue weighted by Gasteiger charge is -2.31. The van der Waals surface area contributed by atoms with E-state index in [0.29, 0.717) is 18.5 Å². The Bertz CT molecular complexity index is 1160. The molecular formula is C23H22BrF2N3O2. The smallest absolute Gasteiger partial charge is 0.227 e. The third-order valence-electron chi connectivity index (χ3n) is 6.40. The van der Waals surface area contributed by atoms with Crippen molar-refractivity contribution in [3.63, 3.8) is 0 Å². The second kappa shape index (κ2) is 7.98. The molecule has 8 heteroatoms. The molecule has 0 spiro atoms. The summed E-state index contributed by atoms with van der Waals surface area (Å²) < 4.78 is 30.6. The zero-order valence-corrected chi connectivity index (χ0v) is 18.4. The quantitative estimate of drug-likeness (QED) is 0.534. The predicted octanol–water partition coefficient (Wildman–Crippen LogP) is 5.42. The fourth-order valence-electron chi connectivity index (χ4n) is 4.91. The van der Waals surface area contributed by atoms with E-state index in [-0.39, 0.29) is 24.1 Å². The maximum Gasteiger partial charge on any atom is 0.227 e. The van der Waals surface area contributed by atoms with Crippen LogP contribution >= 0.6 is 15.9 Å². The van der Waals surface area contributed by atoms with E-state index in [9.17, 15) is 18.7 Å². The van der Waals surface area contributed by atoms with Crippen LogP contribution in [0.25, 0.3) is 11.0 Å². The number of imidazole rings is 1. The lowest BCUT2D eigenvalue weighted by molar-refractivity contribution is -0.117. The Kier molecular flexibility index (Phi) is 5.30. The Morgan fingerprint density at radius 3 is 2.52 bits per heavy atom. The summed E-state index contributed by atoms with van der Waals surface area (Å²) in [5.41, 5.74) is 2.13. The van der Waals surface area contributed by atoms with E-state index in [1.165, 1.54) is 6.07 Å². The molecule has 2 heterocycles.